The lowest BCUT2D eigenvalue weighted by Gasteiger charge is -2.31. The second-order valence-electron chi connectivity index (χ2n) is 8.09. The predicted octanol–water partition coefficient (Wildman–Crippen LogP) is 4.78. The van der Waals surface area contributed by atoms with Crippen LogP contribution < -0.4 is 20.1 Å². The number of allylic oxidation sites excluding steroid dienone is 1. The first-order valence-corrected chi connectivity index (χ1v) is 10.0. The van der Waals surface area contributed by atoms with Crippen LogP contribution in [0.3, 0.4) is 0 Å². The smallest absolute Gasteiger partial charge is 0.395 e. The average molecular weight is 446 g/mol. The summed E-state index contributed by atoms with van der Waals surface area (Å²) in [6.07, 6.45) is -3.87. The number of amides is 2. The fraction of sp³-hybridized carbons (Fsp3) is 0.304. The summed E-state index contributed by atoms with van der Waals surface area (Å²) in [5.41, 5.74) is -0.295. The fourth-order valence-corrected chi connectivity index (χ4v) is 3.69. The Morgan fingerprint density at radius 1 is 1.19 bits per heavy atom. The maximum absolute atomic E-state index is 13.7. The number of hydrogen-bond acceptors (Lipinski definition) is 4. The third kappa shape index (κ3) is 4.28. The van der Waals surface area contributed by atoms with Gasteiger partial charge in [-0.3, -0.25) is 9.59 Å². The number of anilines is 2. The Morgan fingerprint density at radius 3 is 2.69 bits per heavy atom. The first-order chi connectivity index (χ1) is 15.0. The maximum Gasteiger partial charge on any atom is 0.395 e. The Kier molecular flexibility index (Phi) is 5.36. The molecule has 9 heteroatoms. The van der Waals surface area contributed by atoms with Gasteiger partial charge in [-0.1, -0.05) is 18.2 Å². The molecule has 2 aromatic rings. The first-order valence-electron chi connectivity index (χ1n) is 10.0. The highest BCUT2D eigenvalue weighted by atomic mass is 19.4. The largest absolute Gasteiger partial charge is 0.493 e. The minimum absolute atomic E-state index is 0.110. The molecule has 0 saturated carbocycles. The van der Waals surface area contributed by atoms with Gasteiger partial charge in [0.25, 0.3) is 5.91 Å². The summed E-state index contributed by atoms with van der Waals surface area (Å²) in [7, 11) is 0. The van der Waals surface area contributed by atoms with Crippen LogP contribution in [0.2, 0.25) is 0 Å². The molecular weight excluding hydrogens is 425 g/mol. The summed E-state index contributed by atoms with van der Waals surface area (Å²) in [5.74, 6) is -2.18. The second-order valence-corrected chi connectivity index (χ2v) is 8.09. The van der Waals surface area contributed by atoms with Crippen LogP contribution >= 0.6 is 0 Å². The monoisotopic (exact) mass is 446 g/mol. The molecule has 168 valence electrons. The van der Waals surface area contributed by atoms with Crippen molar-refractivity contribution < 1.29 is 32.2 Å². The van der Waals surface area contributed by atoms with Crippen molar-refractivity contribution in [2.24, 2.45) is 5.92 Å². The van der Waals surface area contributed by atoms with Crippen LogP contribution in [-0.4, -0.2) is 30.2 Å². The van der Waals surface area contributed by atoms with Gasteiger partial charge in [0.1, 0.15) is 11.5 Å². The lowest BCUT2D eigenvalue weighted by molar-refractivity contribution is -0.160. The summed E-state index contributed by atoms with van der Waals surface area (Å²) < 4.78 is 52.4. The SMILES string of the molecule is CC1(C)Oc2ccc(NC(=O)/C=C3/c4ccccc4OCCC3C(F)(F)F)cc2NC1=O. The number of benzene rings is 2. The van der Waals surface area contributed by atoms with Crippen molar-refractivity contribution >= 4 is 28.8 Å². The molecular formula is C23H21F3N2O4. The summed E-state index contributed by atoms with van der Waals surface area (Å²) in [4.78, 5) is 24.8. The molecule has 32 heavy (non-hydrogen) atoms. The van der Waals surface area contributed by atoms with Crippen molar-refractivity contribution in [1.29, 1.82) is 0 Å². The van der Waals surface area contributed by atoms with E-state index in [1.807, 2.05) is 0 Å². The normalized spacial score (nSPS) is 20.7. The van der Waals surface area contributed by atoms with Crippen molar-refractivity contribution in [1.82, 2.24) is 0 Å². The number of carbonyl (C=O) groups is 2. The minimum atomic E-state index is -4.53. The molecule has 1 atom stereocenters. The topological polar surface area (TPSA) is 76.7 Å². The van der Waals surface area contributed by atoms with Gasteiger partial charge < -0.3 is 20.1 Å². The zero-order valence-electron chi connectivity index (χ0n) is 17.4. The van der Waals surface area contributed by atoms with Crippen molar-refractivity contribution in [3.8, 4) is 11.5 Å². The van der Waals surface area contributed by atoms with Crippen molar-refractivity contribution in [2.45, 2.75) is 32.0 Å². The van der Waals surface area contributed by atoms with E-state index in [-0.39, 0.29) is 30.1 Å². The molecule has 2 aliphatic heterocycles. The highest BCUT2D eigenvalue weighted by molar-refractivity contribution is 6.06. The van der Waals surface area contributed by atoms with Gasteiger partial charge in [0.05, 0.1) is 18.2 Å². The molecule has 2 aromatic carbocycles. The van der Waals surface area contributed by atoms with E-state index in [1.54, 1.807) is 44.2 Å². The number of alkyl halides is 3. The highest BCUT2D eigenvalue weighted by Crippen LogP contribution is 2.44. The number of fused-ring (bicyclic) bond motifs is 2. The first kappa shape index (κ1) is 21.7. The van der Waals surface area contributed by atoms with Gasteiger partial charge >= 0.3 is 6.18 Å². The number of hydrogen-bond donors (Lipinski definition) is 2. The number of ether oxygens (including phenoxy) is 2. The molecule has 0 aliphatic carbocycles. The quantitative estimate of drug-likeness (QED) is 0.651. The van der Waals surface area contributed by atoms with Crippen molar-refractivity contribution in [2.75, 3.05) is 17.2 Å². The van der Waals surface area contributed by atoms with E-state index >= 15 is 0 Å². The van der Waals surface area contributed by atoms with Gasteiger partial charge in [0.15, 0.2) is 5.60 Å². The third-order valence-corrected chi connectivity index (χ3v) is 5.33. The van der Waals surface area contributed by atoms with Gasteiger partial charge in [0, 0.05) is 17.3 Å². The van der Waals surface area contributed by atoms with Crippen LogP contribution in [0, 0.1) is 5.92 Å². The van der Waals surface area contributed by atoms with Crippen LogP contribution in [0.5, 0.6) is 11.5 Å². The van der Waals surface area contributed by atoms with Gasteiger partial charge in [-0.25, -0.2) is 0 Å². The van der Waals surface area contributed by atoms with Crippen LogP contribution in [0.1, 0.15) is 25.8 Å². The fourth-order valence-electron chi connectivity index (χ4n) is 3.69. The van der Waals surface area contributed by atoms with Gasteiger partial charge in [-0.2, -0.15) is 13.2 Å². The standard InChI is InChI=1S/C23H21F3N2O4/c1-22(2)21(30)28-17-11-13(7-8-19(17)32-22)27-20(29)12-15-14-5-3-4-6-18(14)31-10-9-16(15)23(24,25)26/h3-8,11-12,16H,9-10H2,1-2H3,(H,27,29)(H,28,30)/b15-12-. The molecule has 6 nitrogen and oxygen atoms in total. The average Bonchev–Trinajstić information content (AvgIpc) is 2.88. The molecule has 4 rings (SSSR count). The molecule has 2 heterocycles. The zero-order valence-corrected chi connectivity index (χ0v) is 17.4. The van der Waals surface area contributed by atoms with Gasteiger partial charge in [0.2, 0.25) is 5.91 Å². The highest BCUT2D eigenvalue weighted by Gasteiger charge is 2.44. The van der Waals surface area contributed by atoms with E-state index < -0.39 is 23.6 Å². The molecule has 0 spiro atoms. The summed E-state index contributed by atoms with van der Waals surface area (Å²) in [6, 6.07) is 11.0. The van der Waals surface area contributed by atoms with Gasteiger partial charge in [-0.05, 0) is 50.1 Å². The third-order valence-electron chi connectivity index (χ3n) is 5.33. The van der Waals surface area contributed by atoms with Crippen LogP contribution in [0.4, 0.5) is 24.5 Å². The second kappa shape index (κ2) is 7.89. The molecule has 2 amide bonds. The predicted molar refractivity (Wildman–Crippen MR) is 112 cm³/mol. The summed E-state index contributed by atoms with van der Waals surface area (Å²) >= 11 is 0. The number of nitrogens with one attached hydrogen (secondary N) is 2. The number of rotatable bonds is 2. The molecule has 0 radical (unpaired) electrons. The van der Waals surface area contributed by atoms with E-state index in [1.165, 1.54) is 12.1 Å². The van der Waals surface area contributed by atoms with E-state index in [9.17, 15) is 22.8 Å². The molecule has 0 fully saturated rings. The molecule has 0 aromatic heterocycles. The van der Waals surface area contributed by atoms with E-state index in [0.717, 1.165) is 6.08 Å². The number of carbonyl (C=O) groups excluding carboxylic acids is 2. The Bertz CT molecular complexity index is 1110. The lowest BCUT2D eigenvalue weighted by atomic mass is 9.89. The van der Waals surface area contributed by atoms with Gasteiger partial charge in [-0.15, -0.1) is 0 Å². The molecule has 0 bridgehead atoms. The van der Waals surface area contributed by atoms with Crippen molar-refractivity contribution in [3.63, 3.8) is 0 Å². The lowest BCUT2D eigenvalue weighted by Crippen LogP contribution is -2.45. The molecule has 1 unspecified atom stereocenters. The summed E-state index contributed by atoms with van der Waals surface area (Å²) in [5, 5.41) is 5.27. The molecule has 2 aliphatic rings. The Labute approximate surface area is 182 Å². The Morgan fingerprint density at radius 2 is 1.94 bits per heavy atom. The zero-order chi connectivity index (χ0) is 23.1. The molecule has 0 saturated heterocycles. The number of halogens is 3. The molecule has 2 N–H and O–H groups in total. The van der Waals surface area contributed by atoms with Crippen LogP contribution in [0.15, 0.2) is 48.5 Å². The summed E-state index contributed by atoms with van der Waals surface area (Å²) in [6.45, 7) is 3.14. The van der Waals surface area contributed by atoms with E-state index in [4.69, 9.17) is 9.47 Å². The van der Waals surface area contributed by atoms with Crippen molar-refractivity contribution in [3.05, 3.63) is 54.1 Å². The Hall–Kier alpha value is -3.49. The minimum Gasteiger partial charge on any atom is -0.493 e. The van der Waals surface area contributed by atoms with E-state index in [0.29, 0.717) is 22.9 Å². The maximum atomic E-state index is 13.7. The van der Waals surface area contributed by atoms with E-state index in [2.05, 4.69) is 10.6 Å². The van der Waals surface area contributed by atoms with Crippen LogP contribution in [0.25, 0.3) is 5.57 Å². The number of para-hydroxylation sites is 1. The Balaban J connectivity index is 1.64. The van der Waals surface area contributed by atoms with Crippen LogP contribution in [-0.2, 0) is 9.59 Å².